The summed E-state index contributed by atoms with van der Waals surface area (Å²) < 4.78 is 5.10. The lowest BCUT2D eigenvalue weighted by molar-refractivity contribution is 0.241. The average Bonchev–Trinajstić information content (AvgIpc) is 2.57. The fourth-order valence-corrected chi connectivity index (χ4v) is 2.96. The first-order valence-corrected chi connectivity index (χ1v) is 8.13. The molecule has 1 aromatic heterocycles. The van der Waals surface area contributed by atoms with Crippen LogP contribution in [-0.2, 0) is 19.5 Å². The van der Waals surface area contributed by atoms with Crippen molar-refractivity contribution < 1.29 is 14.9 Å². The lowest BCUT2D eigenvalue weighted by Crippen LogP contribution is -2.31. The number of aromatic hydroxyl groups is 2. The molecule has 128 valence electrons. The summed E-state index contributed by atoms with van der Waals surface area (Å²) in [5, 5.41) is 19.5. The van der Waals surface area contributed by atoms with Crippen molar-refractivity contribution in [3.8, 4) is 17.2 Å². The van der Waals surface area contributed by atoms with Gasteiger partial charge in [-0.05, 0) is 17.7 Å². The molecule has 1 aromatic carbocycles. The van der Waals surface area contributed by atoms with Gasteiger partial charge in [-0.2, -0.15) is 0 Å². The Morgan fingerprint density at radius 1 is 1.29 bits per heavy atom. The van der Waals surface area contributed by atoms with Crippen LogP contribution in [-0.4, -0.2) is 38.7 Å². The molecule has 0 amide bonds. The molecule has 2 N–H and O–H groups in total. The monoisotopic (exact) mass is 329 g/mol. The highest BCUT2D eigenvalue weighted by Crippen LogP contribution is 2.36. The van der Waals surface area contributed by atoms with Crippen molar-refractivity contribution in [3.63, 3.8) is 0 Å². The molecule has 0 spiro atoms. The number of aromatic nitrogens is 2. The highest BCUT2D eigenvalue weighted by molar-refractivity contribution is 5.51. The second-order valence-electron chi connectivity index (χ2n) is 6.48. The molecule has 2 heterocycles. The zero-order valence-electron chi connectivity index (χ0n) is 14.3. The molecular formula is C18H23N3O3. The van der Waals surface area contributed by atoms with Gasteiger partial charge in [-0.3, -0.25) is 4.90 Å². The molecule has 0 aliphatic carbocycles. The number of rotatable bonds is 4. The van der Waals surface area contributed by atoms with Gasteiger partial charge in [0.1, 0.15) is 5.82 Å². The van der Waals surface area contributed by atoms with Crippen molar-refractivity contribution in [2.45, 2.75) is 39.3 Å². The van der Waals surface area contributed by atoms with Gasteiger partial charge in [0, 0.05) is 49.4 Å². The summed E-state index contributed by atoms with van der Waals surface area (Å²) in [6.45, 7) is 6.53. The van der Waals surface area contributed by atoms with Crippen LogP contribution < -0.4 is 4.74 Å². The van der Waals surface area contributed by atoms with Crippen LogP contribution in [0.15, 0.2) is 18.3 Å². The molecule has 0 fully saturated rings. The van der Waals surface area contributed by atoms with Crippen molar-refractivity contribution in [2.24, 2.45) is 0 Å². The van der Waals surface area contributed by atoms with Crippen molar-refractivity contribution in [1.29, 1.82) is 0 Å². The molecule has 0 unspecified atom stereocenters. The van der Waals surface area contributed by atoms with E-state index in [4.69, 9.17) is 4.74 Å². The second kappa shape index (κ2) is 6.65. The third-order valence-corrected chi connectivity index (χ3v) is 4.29. The lowest BCUT2D eigenvalue weighted by Gasteiger charge is -2.28. The van der Waals surface area contributed by atoms with E-state index in [1.807, 2.05) is 6.20 Å². The van der Waals surface area contributed by atoms with Crippen molar-refractivity contribution >= 4 is 0 Å². The number of phenolic OH excluding ortho intramolecular Hbond substituents is 2. The van der Waals surface area contributed by atoms with Crippen LogP contribution in [0.4, 0.5) is 0 Å². The standard InChI is InChI=1S/C18H23N3O3/c1-11(2)18-19-8-13-10-21(5-4-14(13)20-18)9-12-6-15(22)17(23)16(7-12)24-3/h6-8,11,22-23H,4-5,9-10H2,1-3H3. The second-order valence-corrected chi connectivity index (χ2v) is 6.48. The average molecular weight is 329 g/mol. The van der Waals surface area contributed by atoms with Gasteiger partial charge in [-0.1, -0.05) is 13.8 Å². The maximum atomic E-state index is 9.81. The third kappa shape index (κ3) is 3.28. The lowest BCUT2D eigenvalue weighted by atomic mass is 10.0. The van der Waals surface area contributed by atoms with Crippen LogP contribution in [0.3, 0.4) is 0 Å². The van der Waals surface area contributed by atoms with E-state index < -0.39 is 0 Å². The minimum Gasteiger partial charge on any atom is -0.504 e. The summed E-state index contributed by atoms with van der Waals surface area (Å²) in [7, 11) is 1.47. The van der Waals surface area contributed by atoms with Crippen LogP contribution >= 0.6 is 0 Å². The topological polar surface area (TPSA) is 78.7 Å². The predicted octanol–water partition coefficient (Wildman–Crippen LogP) is 2.58. The highest BCUT2D eigenvalue weighted by atomic mass is 16.5. The van der Waals surface area contributed by atoms with E-state index in [0.29, 0.717) is 12.5 Å². The molecule has 6 heteroatoms. The summed E-state index contributed by atoms with van der Waals surface area (Å²) in [6, 6.07) is 3.33. The van der Waals surface area contributed by atoms with Gasteiger partial charge in [0.15, 0.2) is 11.5 Å². The minimum absolute atomic E-state index is 0.160. The first-order chi connectivity index (χ1) is 11.5. The van der Waals surface area contributed by atoms with E-state index in [9.17, 15) is 10.2 Å². The summed E-state index contributed by atoms with van der Waals surface area (Å²) in [6.07, 6.45) is 2.82. The van der Waals surface area contributed by atoms with E-state index in [1.165, 1.54) is 7.11 Å². The van der Waals surface area contributed by atoms with Gasteiger partial charge in [0.2, 0.25) is 5.75 Å². The fraction of sp³-hybridized carbons (Fsp3) is 0.444. The van der Waals surface area contributed by atoms with Crippen LogP contribution in [0.2, 0.25) is 0 Å². The maximum Gasteiger partial charge on any atom is 0.200 e. The Hall–Kier alpha value is -2.34. The van der Waals surface area contributed by atoms with Gasteiger partial charge in [0.05, 0.1) is 7.11 Å². The predicted molar refractivity (Wildman–Crippen MR) is 90.3 cm³/mol. The Labute approximate surface area is 141 Å². The van der Waals surface area contributed by atoms with E-state index in [-0.39, 0.29) is 17.2 Å². The van der Waals surface area contributed by atoms with Gasteiger partial charge in [-0.15, -0.1) is 0 Å². The molecule has 2 aromatic rings. The fourth-order valence-electron chi connectivity index (χ4n) is 2.96. The van der Waals surface area contributed by atoms with E-state index in [0.717, 1.165) is 42.2 Å². The maximum absolute atomic E-state index is 9.81. The molecule has 0 atom stereocenters. The molecule has 0 saturated heterocycles. The quantitative estimate of drug-likeness (QED) is 0.840. The minimum atomic E-state index is -0.222. The van der Waals surface area contributed by atoms with Gasteiger partial charge >= 0.3 is 0 Å². The number of fused-ring (bicyclic) bond motifs is 1. The first kappa shape index (κ1) is 16.5. The molecule has 1 aliphatic rings. The number of benzene rings is 1. The molecule has 1 aliphatic heterocycles. The molecule has 3 rings (SSSR count). The van der Waals surface area contributed by atoms with E-state index >= 15 is 0 Å². The largest absolute Gasteiger partial charge is 0.504 e. The van der Waals surface area contributed by atoms with E-state index in [1.54, 1.807) is 12.1 Å². The summed E-state index contributed by atoms with van der Waals surface area (Å²) in [5.74, 6) is 1.13. The van der Waals surface area contributed by atoms with Crippen molar-refractivity contribution in [3.05, 3.63) is 41.0 Å². The SMILES string of the molecule is COc1cc(CN2CCc3nc(C(C)C)ncc3C2)cc(O)c1O. The summed E-state index contributed by atoms with van der Waals surface area (Å²) in [4.78, 5) is 11.4. The Bertz CT molecular complexity index is 747. The van der Waals surface area contributed by atoms with Gasteiger partial charge in [0.25, 0.3) is 0 Å². The van der Waals surface area contributed by atoms with Crippen molar-refractivity contribution in [1.82, 2.24) is 14.9 Å². The van der Waals surface area contributed by atoms with Crippen LogP contribution in [0, 0.1) is 0 Å². The molecule has 24 heavy (non-hydrogen) atoms. The molecule has 0 bridgehead atoms. The highest BCUT2D eigenvalue weighted by Gasteiger charge is 2.20. The van der Waals surface area contributed by atoms with E-state index in [2.05, 4.69) is 28.7 Å². The number of hydrogen-bond acceptors (Lipinski definition) is 6. The number of ether oxygens (including phenoxy) is 1. The zero-order chi connectivity index (χ0) is 17.3. The van der Waals surface area contributed by atoms with Gasteiger partial charge in [-0.25, -0.2) is 9.97 Å². The Kier molecular flexibility index (Phi) is 4.57. The van der Waals surface area contributed by atoms with Crippen LogP contribution in [0.1, 0.15) is 42.4 Å². The Morgan fingerprint density at radius 2 is 2.08 bits per heavy atom. The summed E-state index contributed by atoms with van der Waals surface area (Å²) >= 11 is 0. The molecular weight excluding hydrogens is 306 g/mol. The first-order valence-electron chi connectivity index (χ1n) is 8.13. The van der Waals surface area contributed by atoms with Gasteiger partial charge < -0.3 is 14.9 Å². The molecule has 0 saturated carbocycles. The zero-order valence-corrected chi connectivity index (χ0v) is 14.3. The number of methoxy groups -OCH3 is 1. The third-order valence-electron chi connectivity index (χ3n) is 4.29. The number of hydrogen-bond donors (Lipinski definition) is 2. The number of phenols is 2. The molecule has 6 nitrogen and oxygen atoms in total. The Balaban J connectivity index is 1.76. The summed E-state index contributed by atoms with van der Waals surface area (Å²) in [5.41, 5.74) is 3.18. The van der Waals surface area contributed by atoms with Crippen LogP contribution in [0.25, 0.3) is 0 Å². The number of nitrogens with zero attached hydrogens (tertiary/aromatic N) is 3. The van der Waals surface area contributed by atoms with Crippen LogP contribution in [0.5, 0.6) is 17.2 Å². The molecule has 0 radical (unpaired) electrons. The normalized spacial score (nSPS) is 14.7. The van der Waals surface area contributed by atoms with Crippen molar-refractivity contribution in [2.75, 3.05) is 13.7 Å². The smallest absolute Gasteiger partial charge is 0.200 e. The Morgan fingerprint density at radius 3 is 2.79 bits per heavy atom.